The molecule has 1 N–H and O–H groups in total. The van der Waals surface area contributed by atoms with E-state index in [4.69, 9.17) is 23.2 Å². The maximum absolute atomic E-state index is 6.29. The van der Waals surface area contributed by atoms with Crippen LogP contribution in [0.2, 0.25) is 10.0 Å². The molecule has 0 bridgehead atoms. The van der Waals surface area contributed by atoms with Crippen LogP contribution >= 0.6 is 23.2 Å². The van der Waals surface area contributed by atoms with Gasteiger partial charge in [-0.15, -0.1) is 13.2 Å². The van der Waals surface area contributed by atoms with E-state index in [0.29, 0.717) is 10.0 Å². The maximum atomic E-state index is 6.29. The number of halogens is 2. The molecule has 0 saturated heterocycles. The number of nitrogens with one attached hydrogen (secondary N) is 1. The molecule has 0 aromatic heterocycles. The van der Waals surface area contributed by atoms with Crippen molar-refractivity contribution in [3.05, 3.63) is 59.1 Å². The van der Waals surface area contributed by atoms with E-state index in [1.165, 1.54) is 0 Å². The highest BCUT2D eigenvalue weighted by Gasteiger charge is 2.15. The fourth-order valence-corrected chi connectivity index (χ4v) is 2.62. The summed E-state index contributed by atoms with van der Waals surface area (Å²) in [6, 6.07) is 5.93. The number of benzene rings is 1. The molecule has 1 unspecified atom stereocenters. The fraction of sp³-hybridized carbons (Fsp3) is 0.375. The summed E-state index contributed by atoms with van der Waals surface area (Å²) in [5, 5.41) is 4.53. The highest BCUT2D eigenvalue weighted by atomic mass is 35.5. The van der Waals surface area contributed by atoms with Crippen molar-refractivity contribution in [3.8, 4) is 0 Å². The first kappa shape index (κ1) is 17.3. The molecule has 2 nitrogen and oxygen atoms in total. The van der Waals surface area contributed by atoms with Crippen molar-refractivity contribution in [3.63, 3.8) is 0 Å². The predicted molar refractivity (Wildman–Crippen MR) is 89.7 cm³/mol. The molecule has 4 heteroatoms. The minimum absolute atomic E-state index is 0.179. The predicted octanol–water partition coefficient (Wildman–Crippen LogP) is 4.32. The lowest BCUT2D eigenvalue weighted by molar-refractivity contribution is 0.311. The van der Waals surface area contributed by atoms with Gasteiger partial charge in [0.15, 0.2) is 0 Å². The summed E-state index contributed by atoms with van der Waals surface area (Å²) in [7, 11) is 1.94. The fourth-order valence-electron chi connectivity index (χ4n) is 2.18. The monoisotopic (exact) mass is 312 g/mol. The Balaban J connectivity index is 2.73. The third kappa shape index (κ3) is 4.95. The number of hydrogen-bond donors (Lipinski definition) is 1. The normalized spacial score (nSPS) is 12.4. The third-order valence-electron chi connectivity index (χ3n) is 3.21. The third-order valence-corrected chi connectivity index (χ3v) is 4.05. The van der Waals surface area contributed by atoms with Crippen molar-refractivity contribution in [2.24, 2.45) is 0 Å². The standard InChI is InChI=1S/C16H22Cl2N2/c1-4-10-20(11-5-2)12-9-15(19-3)13-7-6-8-14(17)16(13)18/h4-8,15,19H,1-2,9-12H2,3H3. The number of rotatable bonds is 9. The Morgan fingerprint density at radius 2 is 1.90 bits per heavy atom. The molecule has 1 atom stereocenters. The summed E-state index contributed by atoms with van der Waals surface area (Å²) in [5.41, 5.74) is 1.04. The molecule has 0 spiro atoms. The first-order valence-electron chi connectivity index (χ1n) is 6.69. The Morgan fingerprint density at radius 3 is 2.45 bits per heavy atom. The molecule has 0 aliphatic rings. The van der Waals surface area contributed by atoms with Crippen LogP contribution in [0.15, 0.2) is 43.5 Å². The van der Waals surface area contributed by atoms with Crippen LogP contribution in [0.1, 0.15) is 18.0 Å². The van der Waals surface area contributed by atoms with Gasteiger partial charge in [-0.2, -0.15) is 0 Å². The van der Waals surface area contributed by atoms with Gasteiger partial charge >= 0.3 is 0 Å². The lowest BCUT2D eigenvalue weighted by atomic mass is 10.0. The van der Waals surface area contributed by atoms with Crippen LogP contribution in [0.5, 0.6) is 0 Å². The van der Waals surface area contributed by atoms with E-state index in [1.807, 2.05) is 37.4 Å². The van der Waals surface area contributed by atoms with Gasteiger partial charge in [0, 0.05) is 25.7 Å². The molecule has 0 heterocycles. The second-order valence-corrected chi connectivity index (χ2v) is 5.40. The van der Waals surface area contributed by atoms with E-state index in [1.54, 1.807) is 0 Å². The summed E-state index contributed by atoms with van der Waals surface area (Å²) in [6.45, 7) is 10.2. The average molecular weight is 313 g/mol. The van der Waals surface area contributed by atoms with E-state index in [0.717, 1.165) is 31.6 Å². The molecule has 1 aromatic rings. The maximum Gasteiger partial charge on any atom is 0.0640 e. The van der Waals surface area contributed by atoms with E-state index in [9.17, 15) is 0 Å². The minimum Gasteiger partial charge on any atom is -0.313 e. The Hall–Kier alpha value is -0.800. The summed E-state index contributed by atoms with van der Waals surface area (Å²) >= 11 is 12.4. The lowest BCUT2D eigenvalue weighted by Crippen LogP contribution is -2.29. The molecule has 0 aliphatic heterocycles. The van der Waals surface area contributed by atoms with Gasteiger partial charge in [-0.05, 0) is 25.1 Å². The van der Waals surface area contributed by atoms with Crippen molar-refractivity contribution in [1.29, 1.82) is 0 Å². The molecule has 0 aliphatic carbocycles. The smallest absolute Gasteiger partial charge is 0.0640 e. The molecule has 0 fully saturated rings. The Kier molecular flexibility index (Phi) is 7.93. The summed E-state index contributed by atoms with van der Waals surface area (Å²) in [5.74, 6) is 0. The minimum atomic E-state index is 0.179. The lowest BCUT2D eigenvalue weighted by Gasteiger charge is -2.24. The van der Waals surface area contributed by atoms with Crippen LogP contribution in [0.3, 0.4) is 0 Å². The molecule has 0 saturated carbocycles. The second kappa shape index (κ2) is 9.19. The van der Waals surface area contributed by atoms with Crippen LogP contribution in [-0.4, -0.2) is 31.6 Å². The molecular formula is C16H22Cl2N2. The van der Waals surface area contributed by atoms with Gasteiger partial charge in [0.25, 0.3) is 0 Å². The van der Waals surface area contributed by atoms with Gasteiger partial charge in [0.05, 0.1) is 10.0 Å². The SMILES string of the molecule is C=CCN(CC=C)CCC(NC)c1cccc(Cl)c1Cl. The van der Waals surface area contributed by atoms with E-state index < -0.39 is 0 Å². The first-order valence-corrected chi connectivity index (χ1v) is 7.45. The Morgan fingerprint density at radius 1 is 1.25 bits per heavy atom. The zero-order valence-electron chi connectivity index (χ0n) is 11.9. The number of nitrogens with zero attached hydrogens (tertiary/aromatic N) is 1. The van der Waals surface area contributed by atoms with E-state index in [2.05, 4.69) is 23.4 Å². The molecule has 1 rings (SSSR count). The van der Waals surface area contributed by atoms with E-state index >= 15 is 0 Å². The van der Waals surface area contributed by atoms with Crippen LogP contribution in [0.25, 0.3) is 0 Å². The highest BCUT2D eigenvalue weighted by Crippen LogP contribution is 2.31. The first-order chi connectivity index (χ1) is 9.63. The van der Waals surface area contributed by atoms with Gasteiger partial charge < -0.3 is 5.32 Å². The topological polar surface area (TPSA) is 15.3 Å². The zero-order chi connectivity index (χ0) is 15.0. The molecule has 1 aromatic carbocycles. The van der Waals surface area contributed by atoms with Crippen LogP contribution in [0, 0.1) is 0 Å². The molecule has 110 valence electrons. The van der Waals surface area contributed by atoms with Crippen LogP contribution in [0.4, 0.5) is 0 Å². The van der Waals surface area contributed by atoms with Gasteiger partial charge in [0.2, 0.25) is 0 Å². The molecule has 0 radical (unpaired) electrons. The highest BCUT2D eigenvalue weighted by molar-refractivity contribution is 6.42. The molecule has 0 amide bonds. The summed E-state index contributed by atoms with van der Waals surface area (Å²) < 4.78 is 0. The van der Waals surface area contributed by atoms with Gasteiger partial charge in [-0.25, -0.2) is 0 Å². The average Bonchev–Trinajstić information content (AvgIpc) is 2.44. The summed E-state index contributed by atoms with van der Waals surface area (Å²) in [6.07, 6.45) is 4.76. The Labute approximate surface area is 132 Å². The largest absolute Gasteiger partial charge is 0.313 e. The quantitative estimate of drug-likeness (QED) is 0.683. The molecule has 20 heavy (non-hydrogen) atoms. The van der Waals surface area contributed by atoms with Crippen LogP contribution < -0.4 is 5.32 Å². The van der Waals surface area contributed by atoms with Crippen molar-refractivity contribution in [1.82, 2.24) is 10.2 Å². The molecular weight excluding hydrogens is 291 g/mol. The van der Waals surface area contributed by atoms with Crippen molar-refractivity contribution in [2.45, 2.75) is 12.5 Å². The number of hydrogen-bond acceptors (Lipinski definition) is 2. The summed E-state index contributed by atoms with van der Waals surface area (Å²) in [4.78, 5) is 2.28. The van der Waals surface area contributed by atoms with Gasteiger partial charge in [-0.1, -0.05) is 47.5 Å². The van der Waals surface area contributed by atoms with Gasteiger partial charge in [-0.3, -0.25) is 4.90 Å². The van der Waals surface area contributed by atoms with Gasteiger partial charge in [0.1, 0.15) is 0 Å². The van der Waals surface area contributed by atoms with Crippen LogP contribution in [-0.2, 0) is 0 Å². The van der Waals surface area contributed by atoms with Crippen molar-refractivity contribution < 1.29 is 0 Å². The second-order valence-electron chi connectivity index (χ2n) is 4.61. The van der Waals surface area contributed by atoms with Crippen molar-refractivity contribution in [2.75, 3.05) is 26.7 Å². The van der Waals surface area contributed by atoms with E-state index in [-0.39, 0.29) is 6.04 Å². The zero-order valence-corrected chi connectivity index (χ0v) is 13.4. The Bertz CT molecular complexity index is 436. The van der Waals surface area contributed by atoms with Crippen molar-refractivity contribution >= 4 is 23.2 Å².